The van der Waals surface area contributed by atoms with E-state index < -0.39 is 11.6 Å². The lowest BCUT2D eigenvalue weighted by molar-refractivity contribution is -0.152. The lowest BCUT2D eigenvalue weighted by atomic mass is 9.88. The van der Waals surface area contributed by atoms with Gasteiger partial charge < -0.3 is 10.3 Å². The second-order valence-corrected chi connectivity index (χ2v) is 4.64. The van der Waals surface area contributed by atoms with E-state index in [9.17, 15) is 10.1 Å². The summed E-state index contributed by atoms with van der Waals surface area (Å²) in [6.45, 7) is 3.40. The Morgan fingerprint density at radius 2 is 2.30 bits per heavy atom. The van der Waals surface area contributed by atoms with Crippen molar-refractivity contribution < 1.29 is 14.3 Å². The predicted octanol–water partition coefficient (Wildman–Crippen LogP) is 1.92. The average Bonchev–Trinajstić information content (AvgIpc) is 2.46. The average molecular weight is 270 g/mol. The van der Waals surface area contributed by atoms with Crippen molar-refractivity contribution in [2.75, 3.05) is 0 Å². The summed E-state index contributed by atoms with van der Waals surface area (Å²) in [5, 5.41) is 18.1. The van der Waals surface area contributed by atoms with Gasteiger partial charge in [0.2, 0.25) is 5.60 Å². The molecule has 0 saturated heterocycles. The molecule has 0 spiro atoms. The number of ether oxygens (including phenoxy) is 1. The standard InChI is InChI=1S/C14H14N4O2/c1-10(2)14(9-16,7-8-15)20-13(19)11-5-3-4-6-12(11)18-17/h3-5,10H,6-7H2,1-2H3. The van der Waals surface area contributed by atoms with Gasteiger partial charge in [-0.25, -0.2) is 4.79 Å². The number of hydrogen-bond donors (Lipinski definition) is 0. The molecule has 6 heteroatoms. The van der Waals surface area contributed by atoms with Crippen LogP contribution in [-0.4, -0.2) is 22.1 Å². The van der Waals surface area contributed by atoms with Gasteiger partial charge in [-0.3, -0.25) is 0 Å². The summed E-state index contributed by atoms with van der Waals surface area (Å²) in [5.41, 5.74) is 7.62. The molecule has 0 saturated carbocycles. The van der Waals surface area contributed by atoms with Gasteiger partial charge in [0.1, 0.15) is 11.6 Å². The number of nitriles is 2. The van der Waals surface area contributed by atoms with Crippen LogP contribution in [0.5, 0.6) is 0 Å². The number of rotatable bonds is 4. The van der Waals surface area contributed by atoms with Gasteiger partial charge in [-0.05, 0) is 6.08 Å². The first-order valence-electron chi connectivity index (χ1n) is 6.10. The van der Waals surface area contributed by atoms with Crippen LogP contribution in [0.1, 0.15) is 26.7 Å². The Morgan fingerprint density at radius 3 is 2.80 bits per heavy atom. The minimum Gasteiger partial charge on any atom is -0.438 e. The fourth-order valence-corrected chi connectivity index (χ4v) is 1.72. The highest BCUT2D eigenvalue weighted by molar-refractivity contribution is 6.18. The largest absolute Gasteiger partial charge is 0.438 e. The van der Waals surface area contributed by atoms with Crippen molar-refractivity contribution in [3.8, 4) is 12.1 Å². The van der Waals surface area contributed by atoms with E-state index >= 15 is 0 Å². The summed E-state index contributed by atoms with van der Waals surface area (Å²) in [6, 6.07) is 3.77. The summed E-state index contributed by atoms with van der Waals surface area (Å²) in [5.74, 6) is -1.11. The molecule has 1 aliphatic carbocycles. The molecule has 1 unspecified atom stereocenters. The summed E-state index contributed by atoms with van der Waals surface area (Å²) in [6.07, 6.45) is 4.90. The van der Waals surface area contributed by atoms with Gasteiger partial charge in [0.05, 0.1) is 18.9 Å². The molecule has 0 bridgehead atoms. The molecule has 0 fully saturated rings. The maximum Gasteiger partial charge on any atom is 0.347 e. The second kappa shape index (κ2) is 6.47. The van der Waals surface area contributed by atoms with Gasteiger partial charge in [-0.15, -0.1) is 0 Å². The molecule has 1 atom stereocenters. The zero-order valence-electron chi connectivity index (χ0n) is 11.3. The summed E-state index contributed by atoms with van der Waals surface area (Å²) in [4.78, 5) is 15.2. The lowest BCUT2D eigenvalue weighted by Gasteiger charge is -2.28. The molecule has 1 aliphatic rings. The third-order valence-electron chi connectivity index (χ3n) is 3.10. The van der Waals surface area contributed by atoms with Gasteiger partial charge in [0.15, 0.2) is 0 Å². The first-order valence-corrected chi connectivity index (χ1v) is 6.10. The SMILES string of the molecule is CC(C)C(C#N)(CC#N)OC(=O)C1=CC=CCC1=[N+]=[N-]. The van der Waals surface area contributed by atoms with Crippen molar-refractivity contribution in [2.45, 2.75) is 32.3 Å². The van der Waals surface area contributed by atoms with Crippen molar-refractivity contribution in [1.82, 2.24) is 0 Å². The van der Waals surface area contributed by atoms with Crippen LogP contribution in [0.4, 0.5) is 0 Å². The van der Waals surface area contributed by atoms with Gasteiger partial charge in [0.25, 0.3) is 0 Å². The maximum atomic E-state index is 12.1. The molecule has 0 aromatic heterocycles. The smallest absolute Gasteiger partial charge is 0.347 e. The highest BCUT2D eigenvalue weighted by atomic mass is 16.6. The molecule has 1 rings (SSSR count). The van der Waals surface area contributed by atoms with Crippen LogP contribution in [0.25, 0.3) is 5.53 Å². The zero-order valence-corrected chi connectivity index (χ0v) is 11.3. The molecule has 0 aliphatic heterocycles. The van der Waals surface area contributed by atoms with Crippen molar-refractivity contribution in [1.29, 1.82) is 10.5 Å². The normalized spacial score (nSPS) is 16.4. The molecule has 0 aromatic carbocycles. The summed E-state index contributed by atoms with van der Waals surface area (Å²) < 4.78 is 5.24. The van der Waals surface area contributed by atoms with Gasteiger partial charge in [-0.1, -0.05) is 26.0 Å². The molecule has 6 nitrogen and oxygen atoms in total. The molecular formula is C14H14N4O2. The quantitative estimate of drug-likeness (QED) is 0.441. The Kier molecular flexibility index (Phi) is 4.97. The lowest BCUT2D eigenvalue weighted by Crippen LogP contribution is -2.40. The maximum absolute atomic E-state index is 12.1. The fourth-order valence-electron chi connectivity index (χ4n) is 1.72. The van der Waals surface area contributed by atoms with Crippen LogP contribution < -0.4 is 0 Å². The topological polar surface area (TPSA) is 110 Å². The molecule has 0 amide bonds. The van der Waals surface area contributed by atoms with E-state index in [-0.39, 0.29) is 23.6 Å². The third-order valence-corrected chi connectivity index (χ3v) is 3.10. The predicted molar refractivity (Wildman–Crippen MR) is 70.0 cm³/mol. The van der Waals surface area contributed by atoms with Crippen LogP contribution in [-0.2, 0) is 9.53 Å². The first kappa shape index (κ1) is 15.4. The molecule has 0 radical (unpaired) electrons. The van der Waals surface area contributed by atoms with E-state index in [2.05, 4.69) is 4.79 Å². The van der Waals surface area contributed by atoms with Gasteiger partial charge >= 0.3 is 11.7 Å². The van der Waals surface area contributed by atoms with Crippen molar-refractivity contribution in [2.24, 2.45) is 5.92 Å². The first-order chi connectivity index (χ1) is 9.50. The zero-order chi connectivity index (χ0) is 15.2. The van der Waals surface area contributed by atoms with Gasteiger partial charge in [-0.2, -0.15) is 15.3 Å². The Bertz CT molecular complexity index is 598. The van der Waals surface area contributed by atoms with Gasteiger partial charge in [0, 0.05) is 5.92 Å². The molecule has 102 valence electrons. The Labute approximate surface area is 117 Å². The van der Waals surface area contributed by atoms with Crippen LogP contribution in [0, 0.1) is 28.6 Å². The number of hydrogen-bond acceptors (Lipinski definition) is 4. The van der Waals surface area contributed by atoms with Crippen LogP contribution in [0.3, 0.4) is 0 Å². The van der Waals surface area contributed by atoms with E-state index in [1.807, 2.05) is 12.1 Å². The Hall–Kier alpha value is -2.69. The highest BCUT2D eigenvalue weighted by Gasteiger charge is 2.40. The molecule has 20 heavy (non-hydrogen) atoms. The number of nitrogens with zero attached hydrogens (tertiary/aromatic N) is 4. The van der Waals surface area contributed by atoms with Crippen LogP contribution >= 0.6 is 0 Å². The summed E-state index contributed by atoms with van der Waals surface area (Å²) >= 11 is 0. The van der Waals surface area contributed by atoms with E-state index in [1.165, 1.54) is 6.08 Å². The monoisotopic (exact) mass is 270 g/mol. The highest BCUT2D eigenvalue weighted by Crippen LogP contribution is 2.27. The van der Waals surface area contributed by atoms with E-state index in [0.717, 1.165) is 0 Å². The molecule has 0 heterocycles. The number of allylic oxidation sites excluding steroid dienone is 3. The second-order valence-electron chi connectivity index (χ2n) is 4.64. The van der Waals surface area contributed by atoms with E-state index in [1.54, 1.807) is 26.0 Å². The molecular weight excluding hydrogens is 256 g/mol. The minimum absolute atomic E-state index is 0.0909. The summed E-state index contributed by atoms with van der Waals surface area (Å²) in [7, 11) is 0. The number of carbonyl (C=O) groups excluding carboxylic acids is 1. The third kappa shape index (κ3) is 3.00. The van der Waals surface area contributed by atoms with E-state index in [0.29, 0.717) is 6.42 Å². The molecule has 0 N–H and O–H groups in total. The van der Waals surface area contributed by atoms with Crippen LogP contribution in [0.2, 0.25) is 0 Å². The van der Waals surface area contributed by atoms with Crippen molar-refractivity contribution in [3.63, 3.8) is 0 Å². The molecule has 0 aromatic rings. The Balaban J connectivity index is 3.07. The van der Waals surface area contributed by atoms with Crippen molar-refractivity contribution >= 4 is 11.7 Å². The Morgan fingerprint density at radius 1 is 1.60 bits per heavy atom. The number of carbonyl (C=O) groups is 1. The minimum atomic E-state index is -1.51. The van der Waals surface area contributed by atoms with Crippen molar-refractivity contribution in [3.05, 3.63) is 29.3 Å². The fraction of sp³-hybridized carbons (Fsp3) is 0.429. The van der Waals surface area contributed by atoms with E-state index in [4.69, 9.17) is 15.5 Å². The van der Waals surface area contributed by atoms with Crippen LogP contribution in [0.15, 0.2) is 23.8 Å². The number of esters is 1.